The quantitative estimate of drug-likeness (QED) is 0.791. The first-order valence-corrected chi connectivity index (χ1v) is 11.3. The third kappa shape index (κ3) is 3.76. The van der Waals surface area contributed by atoms with Crippen LogP contribution in [0.5, 0.6) is 0 Å². The van der Waals surface area contributed by atoms with Gasteiger partial charge in [0.2, 0.25) is 5.91 Å². The van der Waals surface area contributed by atoms with E-state index >= 15 is 0 Å². The number of benzene rings is 1. The number of rotatable bonds is 5. The van der Waals surface area contributed by atoms with Crippen LogP contribution in [0.25, 0.3) is 0 Å². The van der Waals surface area contributed by atoms with Gasteiger partial charge in [0.05, 0.1) is 24.0 Å². The van der Waals surface area contributed by atoms with E-state index in [1.54, 1.807) is 6.07 Å². The molecule has 3 heterocycles. The monoisotopic (exact) mass is 409 g/mol. The number of aromatic nitrogens is 3. The van der Waals surface area contributed by atoms with Crippen LogP contribution in [0.2, 0.25) is 0 Å². The van der Waals surface area contributed by atoms with Gasteiger partial charge in [0.15, 0.2) is 0 Å². The molecule has 160 valence electrons. The summed E-state index contributed by atoms with van der Waals surface area (Å²) in [5.74, 6) is 0.120. The number of amides is 1. The molecule has 5 atom stereocenters. The Morgan fingerprint density at radius 2 is 1.90 bits per heavy atom. The van der Waals surface area contributed by atoms with E-state index in [4.69, 9.17) is 5.73 Å². The van der Waals surface area contributed by atoms with Crippen LogP contribution < -0.4 is 5.73 Å². The van der Waals surface area contributed by atoms with Crippen LogP contribution in [0.15, 0.2) is 30.5 Å². The van der Waals surface area contributed by atoms with Gasteiger partial charge in [0, 0.05) is 24.2 Å². The molecule has 1 amide bonds. The minimum absolute atomic E-state index is 0.0694. The number of nitrogens with zero attached hydrogens (tertiary/aromatic N) is 4. The Labute approximate surface area is 177 Å². The normalized spacial score (nSPS) is 31.7. The molecule has 0 spiro atoms. The number of carbonyl (C=O) groups is 1. The average molecular weight is 410 g/mol. The van der Waals surface area contributed by atoms with Crippen LogP contribution in [0.1, 0.15) is 84.9 Å². The standard InChI is InChI=1S/C23H31N5O2/c24-23(30)16-5-3-4-15(10-16)17-11-19-8-9-20(12-17)27(19)13-18-14-28(26-25-18)21-6-1-2-7-22(21)29/h3-5,10,14,17,19-22,29H,1-2,6-9,11-13H2,(H2,24,30)/t17?,19-,20+,21?,22-/m1/s1. The molecule has 2 aromatic rings. The highest BCUT2D eigenvalue weighted by molar-refractivity contribution is 5.92. The summed E-state index contributed by atoms with van der Waals surface area (Å²) < 4.78 is 1.89. The Bertz CT molecular complexity index is 899. The Hall–Kier alpha value is -2.25. The second-order valence-corrected chi connectivity index (χ2v) is 9.32. The molecule has 7 heteroatoms. The fourth-order valence-corrected chi connectivity index (χ4v) is 5.89. The first kappa shape index (κ1) is 19.7. The maximum Gasteiger partial charge on any atom is 0.248 e. The number of aliphatic hydroxyl groups is 1. The lowest BCUT2D eigenvalue weighted by atomic mass is 9.84. The summed E-state index contributed by atoms with van der Waals surface area (Å²) in [4.78, 5) is 14.1. The van der Waals surface area contributed by atoms with E-state index in [-0.39, 0.29) is 18.1 Å². The van der Waals surface area contributed by atoms with Crippen molar-refractivity contribution in [1.29, 1.82) is 0 Å². The van der Waals surface area contributed by atoms with Crippen molar-refractivity contribution >= 4 is 5.91 Å². The van der Waals surface area contributed by atoms with Gasteiger partial charge in [-0.2, -0.15) is 0 Å². The lowest BCUT2D eigenvalue weighted by molar-refractivity contribution is 0.0684. The molecule has 1 aromatic heterocycles. The molecule has 1 saturated carbocycles. The molecule has 2 unspecified atom stereocenters. The van der Waals surface area contributed by atoms with Gasteiger partial charge in [-0.25, -0.2) is 4.68 Å². The van der Waals surface area contributed by atoms with Crippen LogP contribution in [0.4, 0.5) is 0 Å². The van der Waals surface area contributed by atoms with Crippen molar-refractivity contribution < 1.29 is 9.90 Å². The molecule has 1 aliphatic carbocycles. The second-order valence-electron chi connectivity index (χ2n) is 9.32. The summed E-state index contributed by atoms with van der Waals surface area (Å²) in [6.07, 6.45) is 10.4. The van der Waals surface area contributed by atoms with Crippen LogP contribution >= 0.6 is 0 Å². The number of primary amides is 1. The summed E-state index contributed by atoms with van der Waals surface area (Å²) >= 11 is 0. The fraction of sp³-hybridized carbons (Fsp3) is 0.609. The van der Waals surface area contributed by atoms with Gasteiger partial charge >= 0.3 is 0 Å². The number of hydrogen-bond donors (Lipinski definition) is 2. The van der Waals surface area contributed by atoms with E-state index in [0.29, 0.717) is 23.6 Å². The third-order valence-electron chi connectivity index (χ3n) is 7.46. The molecule has 0 radical (unpaired) electrons. The molecule has 30 heavy (non-hydrogen) atoms. The Morgan fingerprint density at radius 1 is 1.13 bits per heavy atom. The number of aliphatic hydroxyl groups excluding tert-OH is 1. The fourth-order valence-electron chi connectivity index (χ4n) is 5.89. The van der Waals surface area contributed by atoms with Gasteiger partial charge in [-0.15, -0.1) is 5.10 Å². The first-order chi connectivity index (χ1) is 14.6. The average Bonchev–Trinajstić information content (AvgIpc) is 3.29. The Kier molecular flexibility index (Phi) is 5.33. The van der Waals surface area contributed by atoms with Crippen molar-refractivity contribution in [2.75, 3.05) is 0 Å². The van der Waals surface area contributed by atoms with Crippen molar-refractivity contribution in [2.45, 2.75) is 88.1 Å². The SMILES string of the molecule is NC(=O)c1cccc(C2C[C@H]3CC[C@@H](C2)N3Cc2cn(C3CCCC[C@H]3O)nn2)c1. The van der Waals surface area contributed by atoms with Gasteiger partial charge in [-0.3, -0.25) is 9.69 Å². The molecule has 2 aliphatic heterocycles. The summed E-state index contributed by atoms with van der Waals surface area (Å²) in [6.45, 7) is 0.826. The minimum atomic E-state index is -0.358. The zero-order valence-electron chi connectivity index (χ0n) is 17.4. The summed E-state index contributed by atoms with van der Waals surface area (Å²) in [7, 11) is 0. The third-order valence-corrected chi connectivity index (χ3v) is 7.46. The van der Waals surface area contributed by atoms with Crippen LogP contribution in [-0.2, 0) is 6.54 Å². The molecule has 3 aliphatic rings. The zero-order valence-corrected chi connectivity index (χ0v) is 17.4. The van der Waals surface area contributed by atoms with E-state index in [0.717, 1.165) is 50.8 Å². The van der Waals surface area contributed by atoms with Gasteiger partial charge in [-0.1, -0.05) is 30.2 Å². The van der Waals surface area contributed by atoms with Crippen molar-refractivity contribution in [2.24, 2.45) is 5.73 Å². The van der Waals surface area contributed by atoms with Crippen LogP contribution in [0.3, 0.4) is 0 Å². The van der Waals surface area contributed by atoms with Gasteiger partial charge in [0.1, 0.15) is 0 Å². The highest BCUT2D eigenvalue weighted by atomic mass is 16.3. The number of piperidine rings is 1. The highest BCUT2D eigenvalue weighted by Crippen LogP contribution is 2.43. The van der Waals surface area contributed by atoms with Crippen molar-refractivity contribution in [1.82, 2.24) is 19.9 Å². The van der Waals surface area contributed by atoms with Crippen molar-refractivity contribution in [3.63, 3.8) is 0 Å². The minimum Gasteiger partial charge on any atom is -0.391 e. The number of hydrogen-bond acceptors (Lipinski definition) is 5. The predicted molar refractivity (Wildman–Crippen MR) is 113 cm³/mol. The predicted octanol–water partition coefficient (Wildman–Crippen LogP) is 2.76. The lowest BCUT2D eigenvalue weighted by Crippen LogP contribution is -2.41. The first-order valence-electron chi connectivity index (χ1n) is 11.3. The molecule has 5 rings (SSSR count). The molecule has 3 fully saturated rings. The molecule has 3 N–H and O–H groups in total. The largest absolute Gasteiger partial charge is 0.391 e. The number of fused-ring (bicyclic) bond motifs is 2. The smallest absolute Gasteiger partial charge is 0.248 e. The summed E-state index contributed by atoms with van der Waals surface area (Å²) in [5, 5.41) is 19.1. The summed E-state index contributed by atoms with van der Waals surface area (Å²) in [6, 6.07) is 8.99. The van der Waals surface area contributed by atoms with E-state index in [1.165, 1.54) is 18.4 Å². The highest BCUT2D eigenvalue weighted by Gasteiger charge is 2.41. The maximum atomic E-state index is 11.6. The lowest BCUT2D eigenvalue weighted by Gasteiger charge is -2.38. The van der Waals surface area contributed by atoms with Gasteiger partial charge < -0.3 is 10.8 Å². The van der Waals surface area contributed by atoms with Crippen molar-refractivity contribution in [3.05, 3.63) is 47.3 Å². The van der Waals surface area contributed by atoms with E-state index in [1.807, 2.05) is 23.0 Å². The van der Waals surface area contributed by atoms with Crippen LogP contribution in [0, 0.1) is 0 Å². The second kappa shape index (κ2) is 8.12. The van der Waals surface area contributed by atoms with Crippen LogP contribution in [-0.4, -0.2) is 49.1 Å². The number of nitrogens with two attached hydrogens (primary N) is 1. The Morgan fingerprint density at radius 3 is 2.63 bits per heavy atom. The zero-order chi connectivity index (χ0) is 20.7. The molecule has 7 nitrogen and oxygen atoms in total. The Balaban J connectivity index is 1.26. The van der Waals surface area contributed by atoms with E-state index in [2.05, 4.69) is 21.3 Å². The topological polar surface area (TPSA) is 97.3 Å². The molecular weight excluding hydrogens is 378 g/mol. The van der Waals surface area contributed by atoms with Gasteiger partial charge in [0.25, 0.3) is 0 Å². The molecule has 1 aromatic carbocycles. The molecular formula is C23H31N5O2. The number of carbonyl (C=O) groups excluding carboxylic acids is 1. The van der Waals surface area contributed by atoms with E-state index in [9.17, 15) is 9.90 Å². The molecule has 2 bridgehead atoms. The van der Waals surface area contributed by atoms with Crippen molar-refractivity contribution in [3.8, 4) is 0 Å². The maximum absolute atomic E-state index is 11.6. The van der Waals surface area contributed by atoms with Gasteiger partial charge in [-0.05, 0) is 62.1 Å². The van der Waals surface area contributed by atoms with E-state index < -0.39 is 0 Å². The summed E-state index contributed by atoms with van der Waals surface area (Å²) in [5.41, 5.74) is 8.31. The molecule has 2 saturated heterocycles.